The summed E-state index contributed by atoms with van der Waals surface area (Å²) in [6.07, 6.45) is 13.2. The summed E-state index contributed by atoms with van der Waals surface area (Å²) >= 11 is 0. The molecule has 3 aromatic rings. The minimum absolute atomic E-state index is 0.0486. The van der Waals surface area contributed by atoms with E-state index in [4.69, 9.17) is 4.74 Å². The highest BCUT2D eigenvalue weighted by atomic mass is 16.5. The lowest BCUT2D eigenvalue weighted by atomic mass is 9.89. The Kier molecular flexibility index (Phi) is 6.84. The molecule has 2 aliphatic carbocycles. The maximum atomic E-state index is 13.8. The van der Waals surface area contributed by atoms with E-state index in [0.29, 0.717) is 23.3 Å². The van der Waals surface area contributed by atoms with E-state index in [1.807, 2.05) is 47.0 Å². The van der Waals surface area contributed by atoms with Gasteiger partial charge in [-0.1, -0.05) is 55.7 Å². The lowest BCUT2D eigenvalue weighted by Gasteiger charge is -2.21. The summed E-state index contributed by atoms with van der Waals surface area (Å²) in [6, 6.07) is 14.9. The number of carbonyl (C=O) groups excluding carboxylic acids is 3. The molecule has 1 fully saturated rings. The predicted octanol–water partition coefficient (Wildman–Crippen LogP) is 4.87. The Bertz CT molecular complexity index is 1470. The van der Waals surface area contributed by atoms with E-state index in [9.17, 15) is 14.4 Å². The second-order valence-electron chi connectivity index (χ2n) is 10.2. The third kappa shape index (κ3) is 4.90. The largest absolute Gasteiger partial charge is 0.459 e. The molecule has 0 unspecified atom stereocenters. The summed E-state index contributed by atoms with van der Waals surface area (Å²) in [6.45, 7) is 0.108. The van der Waals surface area contributed by atoms with Crippen molar-refractivity contribution in [3.05, 3.63) is 101 Å². The molecule has 6 rings (SSSR count). The van der Waals surface area contributed by atoms with E-state index in [1.54, 1.807) is 18.3 Å². The number of hydrogen-bond acceptors (Lipinski definition) is 5. The van der Waals surface area contributed by atoms with Crippen LogP contribution < -0.4 is 5.43 Å². The van der Waals surface area contributed by atoms with Crippen LogP contribution >= 0.6 is 0 Å². The molecule has 8 heteroatoms. The SMILES string of the molecule is O=C(NN1C=C(c2ccccc2)n2c(COC(=O)C3CCCCC3)cc3c2C(=CCC3)C1=O)c1ccncc1. The molecule has 3 aliphatic rings. The maximum absolute atomic E-state index is 13.8. The zero-order valence-electron chi connectivity index (χ0n) is 21.6. The number of aromatic nitrogens is 2. The zero-order chi connectivity index (χ0) is 26.8. The molecule has 39 heavy (non-hydrogen) atoms. The van der Waals surface area contributed by atoms with Gasteiger partial charge in [0.25, 0.3) is 11.8 Å². The van der Waals surface area contributed by atoms with E-state index in [-0.39, 0.29) is 24.4 Å². The van der Waals surface area contributed by atoms with Gasteiger partial charge in [0, 0.05) is 23.5 Å². The smallest absolute Gasteiger partial charge is 0.309 e. The van der Waals surface area contributed by atoms with Crippen molar-refractivity contribution in [2.24, 2.45) is 5.92 Å². The number of benzene rings is 1. The standard InChI is InChI=1S/C31H30N4O4/c36-29(22-14-16-32-17-15-22)33-34-19-27(21-8-3-1-4-9-21)35-25(20-39-31(38)23-10-5-2-6-11-23)18-24-12-7-13-26(28(24)35)30(34)37/h1,3-4,8-9,13-19,23H,2,5-7,10-12,20H2,(H,33,36). The van der Waals surface area contributed by atoms with Crippen molar-refractivity contribution in [2.45, 2.75) is 51.6 Å². The number of pyridine rings is 1. The van der Waals surface area contributed by atoms with Crippen molar-refractivity contribution in [2.75, 3.05) is 0 Å². The van der Waals surface area contributed by atoms with E-state index < -0.39 is 5.91 Å². The molecule has 0 bridgehead atoms. The van der Waals surface area contributed by atoms with Crippen molar-refractivity contribution in [1.29, 1.82) is 0 Å². The van der Waals surface area contributed by atoms with E-state index in [2.05, 4.69) is 10.4 Å². The number of rotatable bonds is 6. The monoisotopic (exact) mass is 522 g/mol. The Morgan fingerprint density at radius 2 is 1.79 bits per heavy atom. The fraction of sp³-hybridized carbons (Fsp3) is 0.290. The number of ether oxygens (including phenoxy) is 1. The minimum atomic E-state index is -0.417. The third-order valence-corrected chi connectivity index (χ3v) is 7.65. The fourth-order valence-corrected chi connectivity index (χ4v) is 5.69. The lowest BCUT2D eigenvalue weighted by molar-refractivity contribution is -0.151. The van der Waals surface area contributed by atoms with Crippen LogP contribution in [0.5, 0.6) is 0 Å². The molecule has 8 nitrogen and oxygen atoms in total. The van der Waals surface area contributed by atoms with Crippen molar-refractivity contribution in [3.8, 4) is 0 Å². The van der Waals surface area contributed by atoms with E-state index in [1.165, 1.54) is 23.8 Å². The normalized spacial score (nSPS) is 17.0. The highest BCUT2D eigenvalue weighted by molar-refractivity contribution is 6.21. The number of aryl methyl sites for hydroxylation is 1. The molecule has 0 spiro atoms. The molecule has 0 radical (unpaired) electrons. The number of esters is 1. The molecule has 1 saturated carbocycles. The summed E-state index contributed by atoms with van der Waals surface area (Å²) < 4.78 is 7.88. The second kappa shape index (κ2) is 10.7. The molecule has 3 heterocycles. The Labute approximate surface area is 227 Å². The van der Waals surface area contributed by atoms with Crippen LogP contribution in [0.4, 0.5) is 0 Å². The Balaban J connectivity index is 1.40. The van der Waals surface area contributed by atoms with Crippen LogP contribution in [0.2, 0.25) is 0 Å². The molecule has 2 aromatic heterocycles. The molecule has 0 atom stereocenters. The van der Waals surface area contributed by atoms with Crippen molar-refractivity contribution >= 4 is 29.1 Å². The van der Waals surface area contributed by atoms with Gasteiger partial charge in [-0.2, -0.15) is 0 Å². The predicted molar refractivity (Wildman–Crippen MR) is 145 cm³/mol. The van der Waals surface area contributed by atoms with Gasteiger partial charge >= 0.3 is 5.97 Å². The van der Waals surface area contributed by atoms with Crippen LogP contribution in [0, 0.1) is 5.92 Å². The quantitative estimate of drug-likeness (QED) is 0.466. The summed E-state index contributed by atoms with van der Waals surface area (Å²) in [7, 11) is 0. The Morgan fingerprint density at radius 3 is 2.56 bits per heavy atom. The number of hydrazine groups is 1. The molecule has 1 N–H and O–H groups in total. The zero-order valence-corrected chi connectivity index (χ0v) is 21.6. The number of allylic oxidation sites excluding steroid dienone is 1. The van der Waals surface area contributed by atoms with Crippen LogP contribution in [0.25, 0.3) is 11.3 Å². The summed E-state index contributed by atoms with van der Waals surface area (Å²) in [4.78, 5) is 43.8. The highest BCUT2D eigenvalue weighted by Crippen LogP contribution is 2.38. The molecule has 1 aromatic carbocycles. The number of amides is 2. The van der Waals surface area contributed by atoms with Crippen molar-refractivity contribution in [3.63, 3.8) is 0 Å². The maximum Gasteiger partial charge on any atom is 0.309 e. The first kappa shape index (κ1) is 24.9. The third-order valence-electron chi connectivity index (χ3n) is 7.65. The van der Waals surface area contributed by atoms with Gasteiger partial charge in [0.05, 0.1) is 34.8 Å². The average Bonchev–Trinajstić information content (AvgIpc) is 3.31. The molecule has 1 aliphatic heterocycles. The average molecular weight is 523 g/mol. The highest BCUT2D eigenvalue weighted by Gasteiger charge is 2.34. The van der Waals surface area contributed by atoms with Crippen LogP contribution in [-0.2, 0) is 27.4 Å². The van der Waals surface area contributed by atoms with Gasteiger partial charge in [-0.3, -0.25) is 24.8 Å². The Hall–Kier alpha value is -4.46. The van der Waals surface area contributed by atoms with Gasteiger partial charge in [-0.15, -0.1) is 0 Å². The summed E-state index contributed by atoms with van der Waals surface area (Å²) in [5.74, 6) is -0.945. The molecular formula is C31H30N4O4. The first-order chi connectivity index (χ1) is 19.1. The van der Waals surface area contributed by atoms with Gasteiger partial charge in [-0.25, -0.2) is 5.01 Å². The van der Waals surface area contributed by atoms with Crippen molar-refractivity contribution in [1.82, 2.24) is 20.0 Å². The number of hydrogen-bond donors (Lipinski definition) is 1. The van der Waals surface area contributed by atoms with Crippen LogP contribution in [0.1, 0.15) is 71.4 Å². The van der Waals surface area contributed by atoms with E-state index >= 15 is 0 Å². The topological polar surface area (TPSA) is 93.5 Å². The molecular weight excluding hydrogens is 492 g/mol. The van der Waals surface area contributed by atoms with Gasteiger partial charge in [0.1, 0.15) is 6.61 Å². The molecule has 2 amide bonds. The van der Waals surface area contributed by atoms with Crippen LogP contribution in [0.15, 0.2) is 73.2 Å². The number of nitrogens with zero attached hydrogens (tertiary/aromatic N) is 3. The fourth-order valence-electron chi connectivity index (χ4n) is 5.69. The lowest BCUT2D eigenvalue weighted by Crippen LogP contribution is -2.42. The number of nitrogens with one attached hydrogen (secondary N) is 1. The number of carbonyl (C=O) groups is 3. The van der Waals surface area contributed by atoms with Gasteiger partial charge in [-0.05, 0) is 49.4 Å². The second-order valence-corrected chi connectivity index (χ2v) is 10.2. The molecule has 198 valence electrons. The minimum Gasteiger partial charge on any atom is -0.459 e. The first-order valence-electron chi connectivity index (χ1n) is 13.5. The van der Waals surface area contributed by atoms with Crippen LogP contribution in [-0.4, -0.2) is 32.3 Å². The summed E-state index contributed by atoms with van der Waals surface area (Å²) in [5, 5.41) is 1.26. The van der Waals surface area contributed by atoms with E-state index in [0.717, 1.165) is 54.6 Å². The summed E-state index contributed by atoms with van der Waals surface area (Å²) in [5.41, 5.74) is 7.84. The molecule has 0 saturated heterocycles. The Morgan fingerprint density at radius 1 is 1.03 bits per heavy atom. The van der Waals surface area contributed by atoms with Crippen molar-refractivity contribution < 1.29 is 19.1 Å². The van der Waals surface area contributed by atoms with Gasteiger partial charge < -0.3 is 9.30 Å². The van der Waals surface area contributed by atoms with Gasteiger partial charge in [0.2, 0.25) is 0 Å². The van der Waals surface area contributed by atoms with Gasteiger partial charge in [0.15, 0.2) is 0 Å². The first-order valence-corrected chi connectivity index (χ1v) is 13.5. The van der Waals surface area contributed by atoms with Crippen LogP contribution in [0.3, 0.4) is 0 Å².